The third kappa shape index (κ3) is 4.34. The van der Waals surface area contributed by atoms with Crippen molar-refractivity contribution in [1.82, 2.24) is 15.1 Å². The molecule has 3 nitrogen and oxygen atoms in total. The Bertz CT molecular complexity index is 377. The number of aromatic nitrogens is 2. The van der Waals surface area contributed by atoms with Crippen LogP contribution in [0.4, 0.5) is 0 Å². The predicted molar refractivity (Wildman–Crippen MR) is 84.7 cm³/mol. The highest BCUT2D eigenvalue weighted by Crippen LogP contribution is 2.25. The van der Waals surface area contributed by atoms with Crippen molar-refractivity contribution in [3.63, 3.8) is 0 Å². The third-order valence-corrected chi connectivity index (χ3v) is 4.92. The zero-order valence-corrected chi connectivity index (χ0v) is 13.4. The zero-order valence-electron chi connectivity index (χ0n) is 13.4. The smallest absolute Gasteiger partial charge is 0.0762 e. The van der Waals surface area contributed by atoms with Crippen molar-refractivity contribution in [3.8, 4) is 0 Å². The molecule has 3 heteroatoms. The van der Waals surface area contributed by atoms with Crippen LogP contribution in [0.25, 0.3) is 0 Å². The van der Waals surface area contributed by atoms with Gasteiger partial charge in [0.05, 0.1) is 5.69 Å². The fourth-order valence-electron chi connectivity index (χ4n) is 3.15. The maximum absolute atomic E-state index is 4.67. The summed E-state index contributed by atoms with van der Waals surface area (Å²) in [5.74, 6) is 0.856. The van der Waals surface area contributed by atoms with Crippen LogP contribution in [0.3, 0.4) is 0 Å². The van der Waals surface area contributed by atoms with Gasteiger partial charge < -0.3 is 5.32 Å². The SMILES string of the molecule is CCC(C)n1ccc(CN[C@@H](C)C2CCCCCC2)n1. The Hall–Kier alpha value is -0.830. The first-order valence-corrected chi connectivity index (χ1v) is 8.48. The Kier molecular flexibility index (Phi) is 6.08. The second-order valence-electron chi connectivity index (χ2n) is 6.47. The number of nitrogens with zero attached hydrogens (tertiary/aromatic N) is 2. The summed E-state index contributed by atoms with van der Waals surface area (Å²) in [6.45, 7) is 7.68. The minimum Gasteiger partial charge on any atom is -0.308 e. The molecule has 2 atom stereocenters. The maximum atomic E-state index is 4.67. The number of hydrogen-bond acceptors (Lipinski definition) is 2. The van der Waals surface area contributed by atoms with E-state index in [4.69, 9.17) is 0 Å². The summed E-state index contributed by atoms with van der Waals surface area (Å²) in [4.78, 5) is 0. The molecule has 1 heterocycles. The van der Waals surface area contributed by atoms with Gasteiger partial charge in [0.15, 0.2) is 0 Å². The van der Waals surface area contributed by atoms with Crippen molar-refractivity contribution in [1.29, 1.82) is 0 Å². The summed E-state index contributed by atoms with van der Waals surface area (Å²) in [6.07, 6.45) is 11.7. The molecular formula is C17H31N3. The van der Waals surface area contributed by atoms with Crippen LogP contribution >= 0.6 is 0 Å². The first-order chi connectivity index (χ1) is 9.70. The topological polar surface area (TPSA) is 29.9 Å². The largest absolute Gasteiger partial charge is 0.308 e. The van der Waals surface area contributed by atoms with Gasteiger partial charge in [0, 0.05) is 24.8 Å². The average Bonchev–Trinajstić information content (AvgIpc) is 2.77. The average molecular weight is 277 g/mol. The van der Waals surface area contributed by atoms with Crippen molar-refractivity contribution >= 4 is 0 Å². The molecule has 0 aliphatic heterocycles. The molecule has 0 radical (unpaired) electrons. The van der Waals surface area contributed by atoms with Crippen LogP contribution in [0, 0.1) is 5.92 Å². The van der Waals surface area contributed by atoms with Gasteiger partial charge in [-0.3, -0.25) is 4.68 Å². The summed E-state index contributed by atoms with van der Waals surface area (Å²) in [5.41, 5.74) is 1.17. The molecule has 1 saturated carbocycles. The molecule has 0 bridgehead atoms. The normalized spacial score (nSPS) is 20.6. The van der Waals surface area contributed by atoms with Crippen molar-refractivity contribution in [3.05, 3.63) is 18.0 Å². The highest BCUT2D eigenvalue weighted by Gasteiger charge is 2.18. The molecule has 0 aromatic carbocycles. The standard InChI is InChI=1S/C17H31N3/c1-4-14(2)20-12-11-17(19-20)13-18-15(3)16-9-7-5-6-8-10-16/h11-12,14-16,18H,4-10,13H2,1-3H3/t14?,15-/m0/s1. The minimum absolute atomic E-state index is 0.503. The van der Waals surface area contributed by atoms with Crippen LogP contribution < -0.4 is 5.32 Å². The van der Waals surface area contributed by atoms with Crippen molar-refractivity contribution in [2.75, 3.05) is 0 Å². The second kappa shape index (κ2) is 7.82. The summed E-state index contributed by atoms with van der Waals surface area (Å²) in [5, 5.41) is 8.36. The summed E-state index contributed by atoms with van der Waals surface area (Å²) in [7, 11) is 0. The van der Waals surface area contributed by atoms with Gasteiger partial charge in [-0.1, -0.05) is 32.6 Å². The molecule has 1 aromatic rings. The van der Waals surface area contributed by atoms with E-state index in [1.165, 1.54) is 44.2 Å². The quantitative estimate of drug-likeness (QED) is 0.786. The molecule has 0 spiro atoms. The Morgan fingerprint density at radius 1 is 1.25 bits per heavy atom. The van der Waals surface area contributed by atoms with Crippen LogP contribution in [0.1, 0.15) is 77.5 Å². The fourth-order valence-corrected chi connectivity index (χ4v) is 3.15. The first-order valence-electron chi connectivity index (χ1n) is 8.48. The van der Waals surface area contributed by atoms with Crippen LogP contribution in [0.2, 0.25) is 0 Å². The molecule has 114 valence electrons. The predicted octanol–water partition coefficient (Wildman–Crippen LogP) is 4.30. The van der Waals surface area contributed by atoms with Gasteiger partial charge in [0.2, 0.25) is 0 Å². The molecule has 2 rings (SSSR count). The molecule has 20 heavy (non-hydrogen) atoms. The monoisotopic (exact) mass is 277 g/mol. The number of nitrogens with one attached hydrogen (secondary N) is 1. The van der Waals surface area contributed by atoms with Gasteiger partial charge in [0.25, 0.3) is 0 Å². The molecule has 0 saturated heterocycles. The van der Waals surface area contributed by atoms with Gasteiger partial charge in [0.1, 0.15) is 0 Å². The second-order valence-corrected chi connectivity index (χ2v) is 6.47. The van der Waals surface area contributed by atoms with Crippen LogP contribution in [0.5, 0.6) is 0 Å². The van der Waals surface area contributed by atoms with Crippen LogP contribution in [-0.4, -0.2) is 15.8 Å². The lowest BCUT2D eigenvalue weighted by atomic mass is 9.93. The molecule has 1 aliphatic carbocycles. The van der Waals surface area contributed by atoms with Gasteiger partial charge in [-0.05, 0) is 45.1 Å². The Balaban J connectivity index is 1.80. The summed E-state index contributed by atoms with van der Waals surface area (Å²) in [6, 6.07) is 3.27. The Morgan fingerprint density at radius 3 is 2.60 bits per heavy atom. The highest BCUT2D eigenvalue weighted by atomic mass is 15.3. The van der Waals surface area contributed by atoms with E-state index in [1.807, 2.05) is 0 Å². The molecular weight excluding hydrogens is 246 g/mol. The van der Waals surface area contributed by atoms with E-state index in [0.29, 0.717) is 12.1 Å². The Labute approximate surface area is 124 Å². The highest BCUT2D eigenvalue weighted by molar-refractivity contribution is 4.99. The lowest BCUT2D eigenvalue weighted by Crippen LogP contribution is -2.33. The molecule has 1 unspecified atom stereocenters. The first kappa shape index (κ1) is 15.6. The van der Waals surface area contributed by atoms with Crippen LogP contribution in [-0.2, 0) is 6.54 Å². The molecule has 1 fully saturated rings. The lowest BCUT2D eigenvalue weighted by molar-refractivity contribution is 0.334. The van der Waals surface area contributed by atoms with E-state index in [1.54, 1.807) is 0 Å². The van der Waals surface area contributed by atoms with Gasteiger partial charge in [-0.2, -0.15) is 5.10 Å². The van der Waals surface area contributed by atoms with Gasteiger partial charge in [-0.25, -0.2) is 0 Å². The number of rotatable bonds is 6. The molecule has 1 aliphatic rings. The lowest BCUT2D eigenvalue weighted by Gasteiger charge is -2.23. The molecule has 1 aromatic heterocycles. The number of hydrogen-bond donors (Lipinski definition) is 1. The van der Waals surface area contributed by atoms with Gasteiger partial charge >= 0.3 is 0 Å². The Morgan fingerprint density at radius 2 is 1.95 bits per heavy atom. The maximum Gasteiger partial charge on any atom is 0.0762 e. The molecule has 1 N–H and O–H groups in total. The van der Waals surface area contributed by atoms with E-state index >= 15 is 0 Å². The zero-order chi connectivity index (χ0) is 14.4. The van der Waals surface area contributed by atoms with E-state index in [9.17, 15) is 0 Å². The van der Waals surface area contributed by atoms with Gasteiger partial charge in [-0.15, -0.1) is 0 Å². The van der Waals surface area contributed by atoms with E-state index in [0.717, 1.165) is 18.9 Å². The van der Waals surface area contributed by atoms with E-state index in [-0.39, 0.29) is 0 Å². The van der Waals surface area contributed by atoms with Crippen molar-refractivity contribution < 1.29 is 0 Å². The molecule has 0 amide bonds. The summed E-state index contributed by atoms with van der Waals surface area (Å²) >= 11 is 0. The van der Waals surface area contributed by atoms with Crippen molar-refractivity contribution in [2.24, 2.45) is 5.92 Å². The van der Waals surface area contributed by atoms with Crippen LogP contribution in [0.15, 0.2) is 12.3 Å². The van der Waals surface area contributed by atoms with E-state index < -0.39 is 0 Å². The van der Waals surface area contributed by atoms with E-state index in [2.05, 4.69) is 48.1 Å². The third-order valence-electron chi connectivity index (χ3n) is 4.92. The van der Waals surface area contributed by atoms with Crippen molar-refractivity contribution in [2.45, 2.75) is 84.3 Å². The minimum atomic E-state index is 0.503. The fraction of sp³-hybridized carbons (Fsp3) is 0.824. The summed E-state index contributed by atoms with van der Waals surface area (Å²) < 4.78 is 2.09.